The summed E-state index contributed by atoms with van der Waals surface area (Å²) >= 11 is 0. The molecule has 2 rings (SSSR count). The van der Waals surface area contributed by atoms with Crippen LogP contribution in [0.1, 0.15) is 5.56 Å². The standard InChI is InChI=1S/C14H16N2O3/c1-17-12-5-4-11(13(18-2)14(12)19-3)6-8-16-9-7-15-10-16/h4-10H,1-3H3/b8-6+. The molecule has 0 radical (unpaired) electrons. The molecule has 0 saturated carbocycles. The third-order valence-electron chi connectivity index (χ3n) is 2.69. The molecule has 5 nitrogen and oxygen atoms in total. The lowest BCUT2D eigenvalue weighted by Gasteiger charge is -2.13. The van der Waals surface area contributed by atoms with Crippen molar-refractivity contribution in [1.29, 1.82) is 0 Å². The summed E-state index contributed by atoms with van der Waals surface area (Å²) < 4.78 is 17.8. The predicted molar refractivity (Wildman–Crippen MR) is 73.5 cm³/mol. The van der Waals surface area contributed by atoms with E-state index in [4.69, 9.17) is 14.2 Å². The minimum Gasteiger partial charge on any atom is -0.493 e. The van der Waals surface area contributed by atoms with Crippen LogP contribution in [0.15, 0.2) is 30.9 Å². The summed E-state index contributed by atoms with van der Waals surface area (Å²) in [5, 5.41) is 0. The van der Waals surface area contributed by atoms with Gasteiger partial charge in [-0.25, -0.2) is 4.98 Å². The Balaban J connectivity index is 2.40. The second kappa shape index (κ2) is 5.95. The van der Waals surface area contributed by atoms with Gasteiger partial charge in [0.25, 0.3) is 0 Å². The highest BCUT2D eigenvalue weighted by atomic mass is 16.5. The molecule has 0 fully saturated rings. The van der Waals surface area contributed by atoms with Crippen LogP contribution in [0, 0.1) is 0 Å². The Bertz CT molecular complexity index is 562. The summed E-state index contributed by atoms with van der Waals surface area (Å²) in [6.07, 6.45) is 9.09. The Morgan fingerprint density at radius 1 is 1.05 bits per heavy atom. The number of rotatable bonds is 5. The zero-order valence-electron chi connectivity index (χ0n) is 11.2. The van der Waals surface area contributed by atoms with Gasteiger partial charge in [-0.2, -0.15) is 0 Å². The van der Waals surface area contributed by atoms with Crippen LogP contribution >= 0.6 is 0 Å². The average Bonchev–Trinajstić information content (AvgIpc) is 2.96. The SMILES string of the molecule is COc1ccc(/C=C/n2ccnc2)c(OC)c1OC. The number of methoxy groups -OCH3 is 3. The molecule has 0 bridgehead atoms. The number of aromatic nitrogens is 2. The highest BCUT2D eigenvalue weighted by Gasteiger charge is 2.13. The lowest BCUT2D eigenvalue weighted by atomic mass is 10.1. The zero-order valence-corrected chi connectivity index (χ0v) is 11.2. The van der Waals surface area contributed by atoms with Crippen molar-refractivity contribution in [1.82, 2.24) is 9.55 Å². The first-order valence-electron chi connectivity index (χ1n) is 5.74. The second-order valence-corrected chi connectivity index (χ2v) is 3.75. The summed E-state index contributed by atoms with van der Waals surface area (Å²) in [6, 6.07) is 3.75. The summed E-state index contributed by atoms with van der Waals surface area (Å²) in [7, 11) is 4.79. The molecule has 1 aromatic heterocycles. The molecule has 2 aromatic rings. The summed E-state index contributed by atoms with van der Waals surface area (Å²) in [5.41, 5.74) is 0.897. The lowest BCUT2D eigenvalue weighted by molar-refractivity contribution is 0.324. The molecule has 0 aliphatic rings. The minimum absolute atomic E-state index is 0.581. The minimum atomic E-state index is 0.581. The molecule has 1 heterocycles. The molecule has 0 atom stereocenters. The van der Waals surface area contributed by atoms with Crippen molar-refractivity contribution in [2.75, 3.05) is 21.3 Å². The Morgan fingerprint density at radius 3 is 2.42 bits per heavy atom. The van der Waals surface area contributed by atoms with Crippen LogP contribution in [-0.2, 0) is 0 Å². The quantitative estimate of drug-likeness (QED) is 0.828. The van der Waals surface area contributed by atoms with Crippen molar-refractivity contribution in [2.24, 2.45) is 0 Å². The van der Waals surface area contributed by atoms with Gasteiger partial charge in [-0.05, 0) is 18.2 Å². The second-order valence-electron chi connectivity index (χ2n) is 3.75. The maximum Gasteiger partial charge on any atom is 0.203 e. The van der Waals surface area contributed by atoms with E-state index in [1.807, 2.05) is 35.2 Å². The Hall–Kier alpha value is -2.43. The molecule has 0 unspecified atom stereocenters. The molecule has 0 spiro atoms. The highest BCUT2D eigenvalue weighted by molar-refractivity contribution is 5.71. The molecule has 0 saturated heterocycles. The summed E-state index contributed by atoms with van der Waals surface area (Å²) in [6.45, 7) is 0. The van der Waals surface area contributed by atoms with Crippen molar-refractivity contribution in [3.8, 4) is 17.2 Å². The van der Waals surface area contributed by atoms with E-state index in [-0.39, 0.29) is 0 Å². The van der Waals surface area contributed by atoms with Gasteiger partial charge < -0.3 is 18.8 Å². The van der Waals surface area contributed by atoms with Crippen LogP contribution in [0.25, 0.3) is 12.3 Å². The highest BCUT2D eigenvalue weighted by Crippen LogP contribution is 2.40. The summed E-state index contributed by atoms with van der Waals surface area (Å²) in [5.74, 6) is 1.86. The summed E-state index contributed by atoms with van der Waals surface area (Å²) in [4.78, 5) is 3.97. The third-order valence-corrected chi connectivity index (χ3v) is 2.69. The van der Waals surface area contributed by atoms with Gasteiger partial charge in [0, 0.05) is 24.2 Å². The van der Waals surface area contributed by atoms with E-state index in [1.165, 1.54) is 0 Å². The van der Waals surface area contributed by atoms with Crippen LogP contribution < -0.4 is 14.2 Å². The third kappa shape index (κ3) is 2.70. The average molecular weight is 260 g/mol. The normalized spacial score (nSPS) is 10.7. The Morgan fingerprint density at radius 2 is 1.84 bits per heavy atom. The van der Waals surface area contributed by atoms with Gasteiger partial charge in [-0.15, -0.1) is 0 Å². The number of hydrogen-bond donors (Lipinski definition) is 0. The number of hydrogen-bond acceptors (Lipinski definition) is 4. The first-order chi connectivity index (χ1) is 9.30. The predicted octanol–water partition coefficient (Wildman–Crippen LogP) is 2.54. The molecule has 0 aliphatic heterocycles. The van der Waals surface area contributed by atoms with E-state index in [9.17, 15) is 0 Å². The van der Waals surface area contributed by atoms with Crippen LogP contribution in [0.5, 0.6) is 17.2 Å². The van der Waals surface area contributed by atoms with Crippen LogP contribution in [0.3, 0.4) is 0 Å². The molecule has 5 heteroatoms. The zero-order chi connectivity index (χ0) is 13.7. The molecule has 0 aliphatic carbocycles. The topological polar surface area (TPSA) is 45.5 Å². The van der Waals surface area contributed by atoms with Crippen molar-refractivity contribution < 1.29 is 14.2 Å². The van der Waals surface area contributed by atoms with Gasteiger partial charge >= 0.3 is 0 Å². The maximum atomic E-state index is 5.40. The Labute approximate surface area is 112 Å². The van der Waals surface area contributed by atoms with Gasteiger partial charge in [0.1, 0.15) is 0 Å². The first kappa shape index (κ1) is 13.0. The van der Waals surface area contributed by atoms with Gasteiger partial charge in [-0.3, -0.25) is 0 Å². The molecular formula is C14H16N2O3. The van der Waals surface area contributed by atoms with Crippen molar-refractivity contribution >= 4 is 12.3 Å². The molecule has 19 heavy (non-hydrogen) atoms. The van der Waals surface area contributed by atoms with E-state index < -0.39 is 0 Å². The van der Waals surface area contributed by atoms with E-state index in [0.717, 1.165) is 5.56 Å². The number of benzene rings is 1. The lowest BCUT2D eigenvalue weighted by Crippen LogP contribution is -1.96. The first-order valence-corrected chi connectivity index (χ1v) is 5.74. The van der Waals surface area contributed by atoms with Crippen molar-refractivity contribution in [3.63, 3.8) is 0 Å². The Kier molecular flexibility index (Phi) is 4.07. The van der Waals surface area contributed by atoms with Crippen LogP contribution in [-0.4, -0.2) is 30.9 Å². The van der Waals surface area contributed by atoms with Crippen molar-refractivity contribution in [2.45, 2.75) is 0 Å². The molecule has 0 N–H and O–H groups in total. The van der Waals surface area contributed by atoms with Gasteiger partial charge in [-0.1, -0.05) is 0 Å². The van der Waals surface area contributed by atoms with Gasteiger partial charge in [0.15, 0.2) is 11.5 Å². The smallest absolute Gasteiger partial charge is 0.203 e. The molecule has 100 valence electrons. The maximum absolute atomic E-state index is 5.40. The van der Waals surface area contributed by atoms with E-state index >= 15 is 0 Å². The monoisotopic (exact) mass is 260 g/mol. The van der Waals surface area contributed by atoms with Gasteiger partial charge in [0.2, 0.25) is 5.75 Å². The van der Waals surface area contributed by atoms with Crippen LogP contribution in [0.2, 0.25) is 0 Å². The fourth-order valence-corrected chi connectivity index (χ4v) is 1.78. The largest absolute Gasteiger partial charge is 0.493 e. The van der Waals surface area contributed by atoms with Crippen LogP contribution in [0.4, 0.5) is 0 Å². The fraction of sp³-hybridized carbons (Fsp3) is 0.214. The fourth-order valence-electron chi connectivity index (χ4n) is 1.78. The van der Waals surface area contributed by atoms with E-state index in [0.29, 0.717) is 17.2 Å². The van der Waals surface area contributed by atoms with E-state index in [2.05, 4.69) is 4.98 Å². The number of imidazole rings is 1. The molecule has 0 amide bonds. The molecule has 1 aromatic carbocycles. The van der Waals surface area contributed by atoms with E-state index in [1.54, 1.807) is 33.9 Å². The van der Waals surface area contributed by atoms with Gasteiger partial charge in [0.05, 0.1) is 27.7 Å². The number of nitrogens with zero attached hydrogens (tertiary/aromatic N) is 2. The molecular weight excluding hydrogens is 244 g/mol. The van der Waals surface area contributed by atoms with Crippen molar-refractivity contribution in [3.05, 3.63) is 36.4 Å². The number of ether oxygens (including phenoxy) is 3.